The molecule has 144 valence electrons. The van der Waals surface area contributed by atoms with Crippen LogP contribution in [0.4, 0.5) is 4.39 Å². The van der Waals surface area contributed by atoms with E-state index < -0.39 is 12.1 Å². The molecule has 5 nitrogen and oxygen atoms in total. The molecule has 1 heterocycles. The van der Waals surface area contributed by atoms with Crippen molar-refractivity contribution in [1.29, 1.82) is 0 Å². The van der Waals surface area contributed by atoms with Crippen LogP contribution in [0.1, 0.15) is 17.5 Å². The Bertz CT molecular complexity index is 965. The Kier molecular flexibility index (Phi) is 6.49. The van der Waals surface area contributed by atoms with Gasteiger partial charge in [-0.05, 0) is 49.2 Å². The first-order valence-electron chi connectivity index (χ1n) is 8.78. The molecule has 1 atom stereocenters. The normalized spacial score (nSPS) is 12.2. The average Bonchev–Trinajstić information content (AvgIpc) is 3.11. The zero-order valence-corrected chi connectivity index (χ0v) is 16.0. The van der Waals surface area contributed by atoms with Gasteiger partial charge in [0, 0.05) is 12.6 Å². The molecule has 0 unspecified atom stereocenters. The van der Waals surface area contributed by atoms with E-state index in [2.05, 4.69) is 10.3 Å². The summed E-state index contributed by atoms with van der Waals surface area (Å²) in [6.45, 7) is 1.88. The molecule has 0 saturated carbocycles. The molecule has 28 heavy (non-hydrogen) atoms. The fourth-order valence-electron chi connectivity index (χ4n) is 2.49. The highest BCUT2D eigenvalue weighted by Crippen LogP contribution is 2.22. The number of rotatable bonds is 7. The molecule has 0 bridgehead atoms. The van der Waals surface area contributed by atoms with Gasteiger partial charge in [0.2, 0.25) is 0 Å². The van der Waals surface area contributed by atoms with Crippen LogP contribution < -0.4 is 5.32 Å². The van der Waals surface area contributed by atoms with E-state index >= 15 is 0 Å². The maximum atomic E-state index is 12.9. The Morgan fingerprint density at radius 1 is 1.21 bits per heavy atom. The smallest absolute Gasteiger partial charge is 0.331 e. The van der Waals surface area contributed by atoms with Gasteiger partial charge in [-0.1, -0.05) is 24.3 Å². The van der Waals surface area contributed by atoms with Crippen molar-refractivity contribution in [1.82, 2.24) is 10.3 Å². The molecule has 0 aliphatic rings. The topological polar surface area (TPSA) is 68.3 Å². The summed E-state index contributed by atoms with van der Waals surface area (Å²) in [5, 5.41) is 3.39. The molecule has 0 fully saturated rings. The number of ether oxygens (including phenoxy) is 1. The van der Waals surface area contributed by atoms with Crippen LogP contribution in [0.5, 0.6) is 0 Å². The van der Waals surface area contributed by atoms with Crippen molar-refractivity contribution >= 4 is 39.5 Å². The number of benzene rings is 2. The number of hydrogen-bond acceptors (Lipinski definition) is 5. The Labute approximate surface area is 165 Å². The summed E-state index contributed by atoms with van der Waals surface area (Å²) < 4.78 is 19.0. The van der Waals surface area contributed by atoms with Gasteiger partial charge in [-0.3, -0.25) is 4.79 Å². The first-order chi connectivity index (χ1) is 13.5. The van der Waals surface area contributed by atoms with Gasteiger partial charge < -0.3 is 10.1 Å². The van der Waals surface area contributed by atoms with E-state index in [1.165, 1.54) is 36.5 Å². The average molecular weight is 398 g/mol. The lowest BCUT2D eigenvalue weighted by Crippen LogP contribution is -2.36. The highest BCUT2D eigenvalue weighted by atomic mass is 32.1. The van der Waals surface area contributed by atoms with Crippen LogP contribution in [0.2, 0.25) is 0 Å². The second kappa shape index (κ2) is 9.23. The minimum atomic E-state index is -0.916. The van der Waals surface area contributed by atoms with Crippen molar-refractivity contribution in [3.8, 4) is 0 Å². The van der Waals surface area contributed by atoms with Gasteiger partial charge in [-0.2, -0.15) is 0 Å². The lowest BCUT2D eigenvalue weighted by atomic mass is 10.1. The SMILES string of the molecule is C[C@H](OC(=O)/C=C/c1nc2ccccc2s1)C(=O)NCCc1ccc(F)cc1. The van der Waals surface area contributed by atoms with Gasteiger partial charge in [0.25, 0.3) is 5.91 Å². The lowest BCUT2D eigenvalue weighted by molar-refractivity contribution is -0.150. The zero-order chi connectivity index (χ0) is 19.9. The van der Waals surface area contributed by atoms with Crippen molar-refractivity contribution < 1.29 is 18.7 Å². The van der Waals surface area contributed by atoms with Gasteiger partial charge in [0.05, 0.1) is 10.2 Å². The summed E-state index contributed by atoms with van der Waals surface area (Å²) in [5.74, 6) is -1.29. The predicted molar refractivity (Wildman–Crippen MR) is 107 cm³/mol. The van der Waals surface area contributed by atoms with Crippen LogP contribution in [0.15, 0.2) is 54.6 Å². The third-order valence-corrected chi connectivity index (χ3v) is 4.96. The quantitative estimate of drug-likeness (QED) is 0.486. The van der Waals surface area contributed by atoms with Crippen molar-refractivity contribution in [2.24, 2.45) is 0 Å². The van der Waals surface area contributed by atoms with E-state index in [4.69, 9.17) is 4.74 Å². The summed E-state index contributed by atoms with van der Waals surface area (Å²) in [6, 6.07) is 13.8. The number of para-hydroxylation sites is 1. The Morgan fingerprint density at radius 2 is 1.96 bits per heavy atom. The molecule has 1 amide bonds. The van der Waals surface area contributed by atoms with E-state index in [9.17, 15) is 14.0 Å². The molecule has 2 aromatic carbocycles. The minimum absolute atomic E-state index is 0.299. The molecule has 0 spiro atoms. The molecular weight excluding hydrogens is 379 g/mol. The number of carbonyl (C=O) groups excluding carboxylic acids is 2. The molecule has 1 N–H and O–H groups in total. The molecular formula is C21H19FN2O3S. The predicted octanol–water partition coefficient (Wildman–Crippen LogP) is 3.74. The van der Waals surface area contributed by atoms with Crippen LogP contribution in [0.25, 0.3) is 16.3 Å². The number of nitrogens with one attached hydrogen (secondary N) is 1. The highest BCUT2D eigenvalue weighted by Gasteiger charge is 2.16. The Balaban J connectivity index is 1.44. The maximum Gasteiger partial charge on any atom is 0.331 e. The molecule has 0 radical (unpaired) electrons. The molecule has 1 aromatic heterocycles. The van der Waals surface area contributed by atoms with Crippen LogP contribution in [-0.4, -0.2) is 29.5 Å². The van der Waals surface area contributed by atoms with E-state index in [1.54, 1.807) is 18.2 Å². The zero-order valence-electron chi connectivity index (χ0n) is 15.2. The highest BCUT2D eigenvalue weighted by molar-refractivity contribution is 7.19. The van der Waals surface area contributed by atoms with Crippen molar-refractivity contribution in [2.75, 3.05) is 6.54 Å². The van der Waals surface area contributed by atoms with E-state index in [0.717, 1.165) is 15.8 Å². The van der Waals surface area contributed by atoms with Crippen LogP contribution in [0.3, 0.4) is 0 Å². The summed E-state index contributed by atoms with van der Waals surface area (Å²) in [4.78, 5) is 28.4. The first kappa shape index (κ1) is 19.7. The minimum Gasteiger partial charge on any atom is -0.449 e. The number of thiazole rings is 1. The Hall–Kier alpha value is -3.06. The summed E-state index contributed by atoms with van der Waals surface area (Å²) in [5.41, 5.74) is 1.78. The Morgan fingerprint density at radius 3 is 2.71 bits per heavy atom. The number of hydrogen-bond donors (Lipinski definition) is 1. The number of carbonyl (C=O) groups is 2. The molecule has 0 aliphatic carbocycles. The van der Waals surface area contributed by atoms with Gasteiger partial charge in [-0.15, -0.1) is 11.3 Å². The van der Waals surface area contributed by atoms with Crippen LogP contribution >= 0.6 is 11.3 Å². The monoisotopic (exact) mass is 398 g/mol. The molecule has 7 heteroatoms. The number of nitrogens with zero attached hydrogens (tertiary/aromatic N) is 1. The van der Waals surface area contributed by atoms with Crippen molar-refractivity contribution in [3.63, 3.8) is 0 Å². The summed E-state index contributed by atoms with van der Waals surface area (Å²) in [7, 11) is 0. The summed E-state index contributed by atoms with van der Waals surface area (Å²) in [6.07, 6.45) is 2.48. The summed E-state index contributed by atoms with van der Waals surface area (Å²) >= 11 is 1.47. The second-order valence-corrected chi connectivity index (χ2v) is 7.16. The third kappa shape index (κ3) is 5.47. The van der Waals surface area contributed by atoms with Crippen LogP contribution in [-0.2, 0) is 20.7 Å². The van der Waals surface area contributed by atoms with E-state index in [-0.39, 0.29) is 11.7 Å². The maximum absolute atomic E-state index is 12.9. The van der Waals surface area contributed by atoms with Crippen molar-refractivity contribution in [3.05, 3.63) is 71.0 Å². The molecule has 0 aliphatic heterocycles. The van der Waals surface area contributed by atoms with Gasteiger partial charge in [0.15, 0.2) is 6.10 Å². The fourth-order valence-corrected chi connectivity index (χ4v) is 3.36. The van der Waals surface area contributed by atoms with Crippen LogP contribution in [0, 0.1) is 5.82 Å². The largest absolute Gasteiger partial charge is 0.449 e. The molecule has 3 rings (SSSR count). The standard InChI is InChI=1S/C21H19FN2O3S/c1-14(21(26)23-13-12-15-6-8-16(22)9-7-15)27-20(25)11-10-19-24-17-4-2-3-5-18(17)28-19/h2-11,14H,12-13H2,1H3,(H,23,26)/b11-10+/t14-/m0/s1. The fraction of sp³-hybridized carbons (Fsp3) is 0.190. The number of fused-ring (bicyclic) bond motifs is 1. The molecule has 0 saturated heterocycles. The van der Waals surface area contributed by atoms with Crippen molar-refractivity contribution in [2.45, 2.75) is 19.4 Å². The second-order valence-electron chi connectivity index (χ2n) is 6.10. The van der Waals surface area contributed by atoms with E-state index in [0.29, 0.717) is 18.0 Å². The van der Waals surface area contributed by atoms with Gasteiger partial charge in [0.1, 0.15) is 10.8 Å². The number of amides is 1. The van der Waals surface area contributed by atoms with E-state index in [1.807, 2.05) is 24.3 Å². The lowest BCUT2D eigenvalue weighted by Gasteiger charge is -2.12. The number of aromatic nitrogens is 1. The number of esters is 1. The van der Waals surface area contributed by atoms with Gasteiger partial charge in [-0.25, -0.2) is 14.2 Å². The molecule has 3 aromatic rings. The van der Waals surface area contributed by atoms with Gasteiger partial charge >= 0.3 is 5.97 Å². The first-order valence-corrected chi connectivity index (χ1v) is 9.59. The number of halogens is 1. The third-order valence-electron chi connectivity index (χ3n) is 3.96.